The summed E-state index contributed by atoms with van der Waals surface area (Å²) in [5.74, 6) is -0.383. The van der Waals surface area contributed by atoms with E-state index < -0.39 is 4.92 Å². The first kappa shape index (κ1) is 14.5. The Morgan fingerprint density at radius 3 is 2.68 bits per heavy atom. The Morgan fingerprint density at radius 1 is 1.18 bits per heavy atom. The number of nitrogens with zero attached hydrogens (tertiary/aromatic N) is 1. The largest absolute Gasteiger partial charge is 0.321 e. The van der Waals surface area contributed by atoms with Crippen LogP contribution >= 0.6 is 22.9 Å². The van der Waals surface area contributed by atoms with E-state index in [1.54, 1.807) is 6.07 Å². The van der Waals surface area contributed by atoms with Gasteiger partial charge in [0.1, 0.15) is 4.88 Å². The second-order valence-electron chi connectivity index (χ2n) is 4.50. The zero-order valence-corrected chi connectivity index (χ0v) is 12.6. The van der Waals surface area contributed by atoms with E-state index in [-0.39, 0.29) is 11.6 Å². The number of non-ortho nitro benzene ring substituents is 1. The summed E-state index contributed by atoms with van der Waals surface area (Å²) < 4.78 is 0.914. The Morgan fingerprint density at radius 2 is 1.95 bits per heavy atom. The van der Waals surface area contributed by atoms with Crippen LogP contribution in [0.1, 0.15) is 9.67 Å². The molecule has 0 aliphatic carbocycles. The zero-order valence-electron chi connectivity index (χ0n) is 11.1. The average molecular weight is 333 g/mol. The first-order valence-corrected chi connectivity index (χ1v) is 7.48. The number of hydrogen-bond acceptors (Lipinski definition) is 4. The monoisotopic (exact) mass is 332 g/mol. The van der Waals surface area contributed by atoms with Crippen LogP contribution < -0.4 is 5.32 Å². The molecule has 0 unspecified atom stereocenters. The molecule has 0 spiro atoms. The van der Waals surface area contributed by atoms with Gasteiger partial charge >= 0.3 is 0 Å². The minimum atomic E-state index is -0.512. The van der Waals surface area contributed by atoms with Crippen LogP contribution in [0.15, 0.2) is 48.5 Å². The van der Waals surface area contributed by atoms with E-state index in [1.807, 2.05) is 24.3 Å². The zero-order chi connectivity index (χ0) is 15.7. The molecular formula is C15H9ClN2O3S. The molecule has 110 valence electrons. The van der Waals surface area contributed by atoms with Gasteiger partial charge < -0.3 is 5.32 Å². The maximum atomic E-state index is 12.3. The highest BCUT2D eigenvalue weighted by atomic mass is 35.5. The molecule has 0 aliphatic heterocycles. The molecule has 5 nitrogen and oxygen atoms in total. The summed E-state index contributed by atoms with van der Waals surface area (Å²) in [5.41, 5.74) is 0.271. The molecule has 0 fully saturated rings. The van der Waals surface area contributed by atoms with Gasteiger partial charge in [0.2, 0.25) is 0 Å². The molecule has 7 heteroatoms. The van der Waals surface area contributed by atoms with Crippen molar-refractivity contribution in [1.82, 2.24) is 0 Å². The van der Waals surface area contributed by atoms with Gasteiger partial charge in [-0.2, -0.15) is 0 Å². The highest BCUT2D eigenvalue weighted by Crippen LogP contribution is 2.35. The predicted octanol–water partition coefficient (Wildman–Crippen LogP) is 4.72. The van der Waals surface area contributed by atoms with Crippen molar-refractivity contribution < 1.29 is 9.72 Å². The number of fused-ring (bicyclic) bond motifs is 1. The number of rotatable bonds is 3. The topological polar surface area (TPSA) is 72.2 Å². The van der Waals surface area contributed by atoms with Crippen molar-refractivity contribution in [3.05, 3.63) is 68.5 Å². The van der Waals surface area contributed by atoms with Gasteiger partial charge in [-0.05, 0) is 12.1 Å². The van der Waals surface area contributed by atoms with E-state index in [1.165, 1.54) is 29.5 Å². The van der Waals surface area contributed by atoms with Gasteiger partial charge in [0.15, 0.2) is 0 Å². The smallest absolute Gasteiger partial charge is 0.271 e. The van der Waals surface area contributed by atoms with Gasteiger partial charge in [-0.25, -0.2) is 0 Å². The highest BCUT2D eigenvalue weighted by Gasteiger charge is 2.17. The molecule has 3 rings (SSSR count). The number of amides is 1. The number of halogens is 1. The van der Waals surface area contributed by atoms with Crippen molar-refractivity contribution >= 4 is 50.3 Å². The van der Waals surface area contributed by atoms with Crippen LogP contribution in [0.25, 0.3) is 10.1 Å². The predicted molar refractivity (Wildman–Crippen MR) is 87.9 cm³/mol. The van der Waals surface area contributed by atoms with Crippen molar-refractivity contribution in [1.29, 1.82) is 0 Å². The Hall–Kier alpha value is -2.44. The highest BCUT2D eigenvalue weighted by molar-refractivity contribution is 7.21. The lowest BCUT2D eigenvalue weighted by Gasteiger charge is -2.03. The fourth-order valence-electron chi connectivity index (χ4n) is 2.05. The third-order valence-corrected chi connectivity index (χ3v) is 4.73. The molecular weight excluding hydrogens is 324 g/mol. The maximum Gasteiger partial charge on any atom is 0.271 e. The van der Waals surface area contributed by atoms with Gasteiger partial charge in [0.25, 0.3) is 11.6 Å². The number of thiophene rings is 1. The summed E-state index contributed by atoms with van der Waals surface area (Å²) in [7, 11) is 0. The van der Waals surface area contributed by atoms with Crippen LogP contribution in [0.2, 0.25) is 5.02 Å². The first-order valence-electron chi connectivity index (χ1n) is 6.29. The standard InChI is InChI=1S/C15H9ClN2O3S/c16-13-11-6-1-2-7-12(11)22-14(13)15(19)17-9-4-3-5-10(8-9)18(20)21/h1-8H,(H,17,19). The van der Waals surface area contributed by atoms with E-state index in [9.17, 15) is 14.9 Å². The summed E-state index contributed by atoms with van der Waals surface area (Å²) in [6.45, 7) is 0. The Balaban J connectivity index is 1.92. The molecule has 0 radical (unpaired) electrons. The van der Waals surface area contributed by atoms with Crippen molar-refractivity contribution in [2.24, 2.45) is 0 Å². The molecule has 0 saturated heterocycles. The van der Waals surface area contributed by atoms with E-state index in [0.29, 0.717) is 15.6 Å². The van der Waals surface area contributed by atoms with Crippen LogP contribution in [0.4, 0.5) is 11.4 Å². The van der Waals surface area contributed by atoms with E-state index in [0.717, 1.165) is 10.1 Å². The summed E-state index contributed by atoms with van der Waals surface area (Å²) in [5, 5.41) is 14.6. The molecule has 0 saturated carbocycles. The number of carbonyl (C=O) groups excluding carboxylic acids is 1. The third kappa shape index (κ3) is 2.66. The number of nitro benzene ring substituents is 1. The van der Waals surface area contributed by atoms with Crippen LogP contribution in [-0.4, -0.2) is 10.8 Å². The van der Waals surface area contributed by atoms with Gasteiger partial charge in [-0.3, -0.25) is 14.9 Å². The van der Waals surface area contributed by atoms with Crippen LogP contribution in [0, 0.1) is 10.1 Å². The molecule has 0 atom stereocenters. The Bertz CT molecular complexity index is 891. The maximum absolute atomic E-state index is 12.3. The van der Waals surface area contributed by atoms with E-state index in [2.05, 4.69) is 5.32 Å². The molecule has 1 aromatic heterocycles. The SMILES string of the molecule is O=C(Nc1cccc([N+](=O)[O-])c1)c1sc2ccccc2c1Cl. The minimum absolute atomic E-state index is 0.0831. The molecule has 3 aromatic rings. The number of hydrogen-bond donors (Lipinski definition) is 1. The number of benzene rings is 2. The Kier molecular flexibility index (Phi) is 3.79. The molecule has 0 aliphatic rings. The summed E-state index contributed by atoms with van der Waals surface area (Å²) in [6.07, 6.45) is 0. The lowest BCUT2D eigenvalue weighted by atomic mass is 10.2. The number of nitro groups is 1. The fraction of sp³-hybridized carbons (Fsp3) is 0. The lowest BCUT2D eigenvalue weighted by Crippen LogP contribution is -2.10. The van der Waals surface area contributed by atoms with Crippen molar-refractivity contribution in [2.75, 3.05) is 5.32 Å². The molecule has 0 bridgehead atoms. The number of anilines is 1. The quantitative estimate of drug-likeness (QED) is 0.557. The second-order valence-corrected chi connectivity index (χ2v) is 5.93. The van der Waals surface area contributed by atoms with E-state index in [4.69, 9.17) is 11.6 Å². The van der Waals surface area contributed by atoms with Gasteiger partial charge in [-0.1, -0.05) is 35.9 Å². The average Bonchev–Trinajstić information content (AvgIpc) is 2.85. The van der Waals surface area contributed by atoms with Gasteiger partial charge in [0.05, 0.1) is 9.95 Å². The minimum Gasteiger partial charge on any atom is -0.321 e. The lowest BCUT2D eigenvalue weighted by molar-refractivity contribution is -0.384. The fourth-order valence-corrected chi connectivity index (χ4v) is 3.46. The summed E-state index contributed by atoms with van der Waals surface area (Å²) in [6, 6.07) is 13.2. The summed E-state index contributed by atoms with van der Waals surface area (Å²) in [4.78, 5) is 23.0. The number of nitrogens with one attached hydrogen (secondary N) is 1. The van der Waals surface area contributed by atoms with Crippen LogP contribution in [0.3, 0.4) is 0 Å². The summed E-state index contributed by atoms with van der Waals surface area (Å²) >= 11 is 7.53. The van der Waals surface area contributed by atoms with Crippen molar-refractivity contribution in [3.63, 3.8) is 0 Å². The van der Waals surface area contributed by atoms with Crippen LogP contribution in [0.5, 0.6) is 0 Å². The number of carbonyl (C=O) groups is 1. The van der Waals surface area contributed by atoms with Crippen molar-refractivity contribution in [2.45, 2.75) is 0 Å². The molecule has 1 N–H and O–H groups in total. The van der Waals surface area contributed by atoms with E-state index >= 15 is 0 Å². The normalized spacial score (nSPS) is 10.6. The molecule has 1 heterocycles. The third-order valence-electron chi connectivity index (χ3n) is 3.06. The van der Waals surface area contributed by atoms with Gasteiger partial charge in [0, 0.05) is 27.9 Å². The van der Waals surface area contributed by atoms with Gasteiger partial charge in [-0.15, -0.1) is 11.3 Å². The molecule has 2 aromatic carbocycles. The molecule has 22 heavy (non-hydrogen) atoms. The first-order chi connectivity index (χ1) is 10.6. The second kappa shape index (κ2) is 5.75. The van der Waals surface area contributed by atoms with Crippen molar-refractivity contribution in [3.8, 4) is 0 Å². The van der Waals surface area contributed by atoms with Crippen LogP contribution in [-0.2, 0) is 0 Å². The molecule has 1 amide bonds. The Labute approximate surface area is 134 Å².